The highest BCUT2D eigenvalue weighted by Crippen LogP contribution is 2.12. The summed E-state index contributed by atoms with van der Waals surface area (Å²) in [7, 11) is 0. The van der Waals surface area contributed by atoms with E-state index in [-0.39, 0.29) is 11.9 Å². The van der Waals surface area contributed by atoms with Gasteiger partial charge in [0, 0.05) is 12.2 Å². The van der Waals surface area contributed by atoms with Crippen LogP contribution in [0.4, 0.5) is 0 Å². The van der Waals surface area contributed by atoms with Crippen molar-refractivity contribution < 1.29 is 4.79 Å². The largest absolute Gasteiger partial charge is 0.349 e. The van der Waals surface area contributed by atoms with Gasteiger partial charge in [-0.25, -0.2) is 4.52 Å². The molecule has 2 rings (SSSR count). The average Bonchev–Trinajstić information content (AvgIpc) is 2.81. The van der Waals surface area contributed by atoms with Crippen molar-refractivity contribution in [2.45, 2.75) is 26.3 Å². The molecule has 0 aliphatic heterocycles. The molecule has 5 heteroatoms. The van der Waals surface area contributed by atoms with Gasteiger partial charge in [-0.2, -0.15) is 5.10 Å². The first kappa shape index (κ1) is 13.5. The lowest BCUT2D eigenvalue weighted by molar-refractivity contribution is 0.0925. The van der Waals surface area contributed by atoms with Crippen LogP contribution in [-0.2, 0) is 0 Å². The summed E-state index contributed by atoms with van der Waals surface area (Å²) in [5.41, 5.74) is 7.00. The molecule has 0 saturated heterocycles. The molecular weight excluding hydrogens is 240 g/mol. The van der Waals surface area contributed by atoms with E-state index in [0.29, 0.717) is 18.0 Å². The van der Waals surface area contributed by atoms with Crippen LogP contribution in [0.5, 0.6) is 0 Å². The van der Waals surface area contributed by atoms with Crippen molar-refractivity contribution in [1.82, 2.24) is 14.9 Å². The Morgan fingerprint density at radius 2 is 2.26 bits per heavy atom. The molecule has 0 aromatic carbocycles. The lowest BCUT2D eigenvalue weighted by Gasteiger charge is -2.21. The molecule has 5 nitrogen and oxygen atoms in total. The first-order valence-electron chi connectivity index (χ1n) is 6.56. The Morgan fingerprint density at radius 3 is 2.95 bits per heavy atom. The highest BCUT2D eigenvalue weighted by Gasteiger charge is 2.18. The summed E-state index contributed by atoms with van der Waals surface area (Å²) in [5, 5.41) is 7.21. The van der Waals surface area contributed by atoms with Gasteiger partial charge in [0.1, 0.15) is 0 Å². The number of nitrogens with zero attached hydrogens (tertiary/aromatic N) is 2. The summed E-state index contributed by atoms with van der Waals surface area (Å²) in [4.78, 5) is 12.3. The number of carbonyl (C=O) groups excluding carboxylic acids is 1. The third-order valence-corrected chi connectivity index (χ3v) is 3.27. The van der Waals surface area contributed by atoms with E-state index in [1.165, 1.54) is 0 Å². The molecule has 2 aromatic heterocycles. The third-order valence-electron chi connectivity index (χ3n) is 3.27. The fraction of sp³-hybridized carbons (Fsp3) is 0.429. The second kappa shape index (κ2) is 5.84. The predicted molar refractivity (Wildman–Crippen MR) is 75.0 cm³/mol. The number of fused-ring (bicyclic) bond motifs is 1. The fourth-order valence-electron chi connectivity index (χ4n) is 2.11. The zero-order chi connectivity index (χ0) is 13.8. The minimum atomic E-state index is -0.0895. The van der Waals surface area contributed by atoms with E-state index in [0.717, 1.165) is 11.9 Å². The number of carbonyl (C=O) groups is 1. The fourth-order valence-corrected chi connectivity index (χ4v) is 2.11. The summed E-state index contributed by atoms with van der Waals surface area (Å²) in [6.07, 6.45) is 4.21. The summed E-state index contributed by atoms with van der Waals surface area (Å²) in [6.45, 7) is 4.73. The predicted octanol–water partition coefficient (Wildman–Crippen LogP) is 1.44. The van der Waals surface area contributed by atoms with Gasteiger partial charge in [-0.05, 0) is 31.0 Å². The van der Waals surface area contributed by atoms with E-state index >= 15 is 0 Å². The number of amides is 1. The molecule has 0 saturated carbocycles. The van der Waals surface area contributed by atoms with Gasteiger partial charge in [-0.15, -0.1) is 0 Å². The second-order valence-corrected chi connectivity index (χ2v) is 4.99. The van der Waals surface area contributed by atoms with E-state index < -0.39 is 0 Å². The van der Waals surface area contributed by atoms with Crippen molar-refractivity contribution in [3.05, 3.63) is 36.2 Å². The smallest absolute Gasteiger partial charge is 0.255 e. The summed E-state index contributed by atoms with van der Waals surface area (Å²) < 4.78 is 1.70. The van der Waals surface area contributed by atoms with Crippen LogP contribution in [0.3, 0.4) is 0 Å². The Labute approximate surface area is 112 Å². The molecule has 1 amide bonds. The van der Waals surface area contributed by atoms with E-state index in [4.69, 9.17) is 5.73 Å². The molecule has 0 fully saturated rings. The first-order valence-corrected chi connectivity index (χ1v) is 6.56. The number of aromatic nitrogens is 2. The van der Waals surface area contributed by atoms with E-state index in [2.05, 4.69) is 24.3 Å². The Kier molecular flexibility index (Phi) is 4.16. The molecule has 1 atom stereocenters. The van der Waals surface area contributed by atoms with Crippen LogP contribution in [0, 0.1) is 5.92 Å². The lowest BCUT2D eigenvalue weighted by Crippen LogP contribution is -2.39. The third kappa shape index (κ3) is 2.93. The van der Waals surface area contributed by atoms with Gasteiger partial charge in [-0.1, -0.05) is 19.9 Å². The molecule has 0 radical (unpaired) electrons. The van der Waals surface area contributed by atoms with Gasteiger partial charge in [0.15, 0.2) is 0 Å². The Balaban J connectivity index is 2.19. The van der Waals surface area contributed by atoms with Gasteiger partial charge in [0.2, 0.25) is 0 Å². The van der Waals surface area contributed by atoms with Crippen molar-refractivity contribution in [3.63, 3.8) is 0 Å². The molecule has 0 bridgehead atoms. The topological polar surface area (TPSA) is 72.4 Å². The summed E-state index contributed by atoms with van der Waals surface area (Å²) in [6, 6.07) is 5.76. The molecule has 0 aliphatic carbocycles. The van der Waals surface area contributed by atoms with E-state index in [1.54, 1.807) is 10.7 Å². The van der Waals surface area contributed by atoms with Gasteiger partial charge < -0.3 is 11.1 Å². The van der Waals surface area contributed by atoms with Crippen molar-refractivity contribution >= 4 is 11.4 Å². The van der Waals surface area contributed by atoms with Crippen molar-refractivity contribution in [2.24, 2.45) is 11.7 Å². The van der Waals surface area contributed by atoms with Gasteiger partial charge in [0.25, 0.3) is 5.91 Å². The minimum Gasteiger partial charge on any atom is -0.349 e. The monoisotopic (exact) mass is 260 g/mol. The van der Waals surface area contributed by atoms with Crippen LogP contribution in [0.15, 0.2) is 30.6 Å². The number of nitrogens with two attached hydrogens (primary N) is 1. The molecular formula is C14H20N4O. The molecule has 102 valence electrons. The van der Waals surface area contributed by atoms with Crippen LogP contribution in [-0.4, -0.2) is 28.1 Å². The SMILES string of the molecule is CC(C)C(CCN)NC(=O)c1cnn2ccccc12. The van der Waals surface area contributed by atoms with Gasteiger partial charge in [-0.3, -0.25) is 4.79 Å². The summed E-state index contributed by atoms with van der Waals surface area (Å²) >= 11 is 0. The molecule has 19 heavy (non-hydrogen) atoms. The molecule has 2 heterocycles. The van der Waals surface area contributed by atoms with Crippen LogP contribution < -0.4 is 11.1 Å². The van der Waals surface area contributed by atoms with Crippen LogP contribution >= 0.6 is 0 Å². The van der Waals surface area contributed by atoms with Crippen molar-refractivity contribution in [3.8, 4) is 0 Å². The number of hydrogen-bond donors (Lipinski definition) is 2. The normalized spacial score (nSPS) is 12.8. The molecule has 3 N–H and O–H groups in total. The van der Waals surface area contributed by atoms with Gasteiger partial charge >= 0.3 is 0 Å². The zero-order valence-electron chi connectivity index (χ0n) is 11.3. The van der Waals surface area contributed by atoms with Crippen LogP contribution in [0.25, 0.3) is 5.52 Å². The quantitative estimate of drug-likeness (QED) is 0.854. The summed E-state index contributed by atoms with van der Waals surface area (Å²) in [5.74, 6) is 0.266. The lowest BCUT2D eigenvalue weighted by atomic mass is 10.0. The molecule has 0 aliphatic rings. The number of nitrogens with one attached hydrogen (secondary N) is 1. The Hall–Kier alpha value is -1.88. The Morgan fingerprint density at radius 1 is 1.47 bits per heavy atom. The second-order valence-electron chi connectivity index (χ2n) is 4.99. The Bertz CT molecular complexity index is 561. The highest BCUT2D eigenvalue weighted by molar-refractivity contribution is 6.00. The first-order chi connectivity index (χ1) is 9.13. The van der Waals surface area contributed by atoms with Crippen molar-refractivity contribution in [1.29, 1.82) is 0 Å². The van der Waals surface area contributed by atoms with E-state index in [9.17, 15) is 4.79 Å². The minimum absolute atomic E-state index is 0.0895. The zero-order valence-corrected chi connectivity index (χ0v) is 11.3. The molecule has 0 spiro atoms. The maximum absolute atomic E-state index is 12.3. The molecule has 1 unspecified atom stereocenters. The highest BCUT2D eigenvalue weighted by atomic mass is 16.1. The molecule has 2 aromatic rings. The maximum Gasteiger partial charge on any atom is 0.255 e. The average molecular weight is 260 g/mol. The maximum atomic E-state index is 12.3. The number of rotatable bonds is 5. The standard InChI is InChI=1S/C14H20N4O/c1-10(2)12(6-7-15)17-14(19)11-9-16-18-8-4-3-5-13(11)18/h3-5,8-10,12H,6-7,15H2,1-2H3,(H,17,19). The van der Waals surface area contributed by atoms with Crippen LogP contribution in [0.2, 0.25) is 0 Å². The van der Waals surface area contributed by atoms with Gasteiger partial charge in [0.05, 0.1) is 17.3 Å². The van der Waals surface area contributed by atoms with E-state index in [1.807, 2.05) is 24.4 Å². The van der Waals surface area contributed by atoms with Crippen molar-refractivity contribution in [2.75, 3.05) is 6.54 Å². The number of pyridine rings is 1. The van der Waals surface area contributed by atoms with Crippen LogP contribution in [0.1, 0.15) is 30.6 Å². The number of hydrogen-bond acceptors (Lipinski definition) is 3.